The second-order valence-electron chi connectivity index (χ2n) is 9.10. The van der Waals surface area contributed by atoms with E-state index < -0.39 is 0 Å². The summed E-state index contributed by atoms with van der Waals surface area (Å²) in [6.45, 7) is 6.79. The van der Waals surface area contributed by atoms with Gasteiger partial charge in [-0.15, -0.1) is 0 Å². The molecule has 0 spiro atoms. The maximum absolute atomic E-state index is 12.7. The summed E-state index contributed by atoms with van der Waals surface area (Å²) in [6.07, 6.45) is 5.83. The molecule has 2 atom stereocenters. The lowest BCUT2D eigenvalue weighted by Gasteiger charge is -2.34. The molecule has 0 aromatic heterocycles. The number of carbonyl (C=O) groups excluding carboxylic acids is 2. The van der Waals surface area contributed by atoms with Gasteiger partial charge in [-0.25, -0.2) is 0 Å². The summed E-state index contributed by atoms with van der Waals surface area (Å²) >= 11 is 0. The number of benzene rings is 1. The van der Waals surface area contributed by atoms with E-state index in [1.807, 2.05) is 34.1 Å². The number of piperidine rings is 2. The molecule has 0 saturated carbocycles. The van der Waals surface area contributed by atoms with Gasteiger partial charge < -0.3 is 19.3 Å². The van der Waals surface area contributed by atoms with Gasteiger partial charge in [0.05, 0.1) is 6.61 Å². The Labute approximate surface area is 179 Å². The zero-order chi connectivity index (χ0) is 20.9. The minimum atomic E-state index is -0.238. The molecule has 3 fully saturated rings. The zero-order valence-corrected chi connectivity index (χ0v) is 18.1. The first-order chi connectivity index (χ1) is 14.6. The van der Waals surface area contributed by atoms with Crippen molar-refractivity contribution in [2.24, 2.45) is 11.8 Å². The van der Waals surface area contributed by atoms with Gasteiger partial charge >= 0.3 is 0 Å². The zero-order valence-electron chi connectivity index (χ0n) is 18.1. The number of likely N-dealkylation sites (tertiary alicyclic amines) is 2. The van der Waals surface area contributed by atoms with Crippen molar-refractivity contribution in [2.45, 2.75) is 51.6 Å². The molecule has 6 nitrogen and oxygen atoms in total. The first-order valence-corrected chi connectivity index (χ1v) is 11.5. The Morgan fingerprint density at radius 3 is 2.47 bits per heavy atom. The third kappa shape index (κ3) is 5.15. The van der Waals surface area contributed by atoms with Crippen molar-refractivity contribution in [3.05, 3.63) is 29.8 Å². The van der Waals surface area contributed by atoms with Crippen LogP contribution in [0.25, 0.3) is 0 Å². The van der Waals surface area contributed by atoms with Gasteiger partial charge in [0.25, 0.3) is 11.8 Å². The highest BCUT2D eigenvalue weighted by Gasteiger charge is 2.31. The van der Waals surface area contributed by atoms with Gasteiger partial charge in [0.1, 0.15) is 11.9 Å². The van der Waals surface area contributed by atoms with Crippen LogP contribution in [0.4, 0.5) is 0 Å². The number of hydrogen-bond acceptors (Lipinski definition) is 4. The fourth-order valence-corrected chi connectivity index (χ4v) is 4.68. The van der Waals surface area contributed by atoms with Crippen LogP contribution < -0.4 is 4.74 Å². The summed E-state index contributed by atoms with van der Waals surface area (Å²) in [6, 6.07) is 7.50. The normalized spacial score (nSPS) is 25.4. The lowest BCUT2D eigenvalue weighted by Crippen LogP contribution is -2.45. The lowest BCUT2D eigenvalue weighted by molar-refractivity contribution is -0.143. The maximum Gasteiger partial charge on any atom is 0.253 e. The first-order valence-electron chi connectivity index (χ1n) is 11.5. The Balaban J connectivity index is 1.25. The highest BCUT2D eigenvalue weighted by Crippen LogP contribution is 2.23. The monoisotopic (exact) mass is 414 g/mol. The molecule has 0 N–H and O–H groups in total. The average molecular weight is 415 g/mol. The standard InChI is InChI=1S/C24H34N2O4/c1-18-10-13-25(14-11-18)23(27)20-6-8-21(9-7-20)30-17-19-4-2-12-26(16-19)24(28)22-5-3-15-29-22/h6-9,18-19,22H,2-5,10-17H2,1H3/t19-,22+/m0/s1. The third-order valence-electron chi connectivity index (χ3n) is 6.69. The second kappa shape index (κ2) is 9.82. The lowest BCUT2D eigenvalue weighted by atomic mass is 9.98. The van der Waals surface area contributed by atoms with Crippen LogP contribution in [0.5, 0.6) is 5.75 Å². The summed E-state index contributed by atoms with van der Waals surface area (Å²) in [7, 11) is 0. The van der Waals surface area contributed by atoms with Crippen LogP contribution in [0.2, 0.25) is 0 Å². The van der Waals surface area contributed by atoms with Gasteiger partial charge in [0.2, 0.25) is 0 Å². The Morgan fingerprint density at radius 2 is 1.77 bits per heavy atom. The van der Waals surface area contributed by atoms with Gasteiger partial charge in [-0.1, -0.05) is 6.92 Å². The maximum atomic E-state index is 12.7. The third-order valence-corrected chi connectivity index (χ3v) is 6.69. The second-order valence-corrected chi connectivity index (χ2v) is 9.10. The van der Waals surface area contributed by atoms with E-state index in [0.29, 0.717) is 25.0 Å². The average Bonchev–Trinajstić information content (AvgIpc) is 3.33. The molecular weight excluding hydrogens is 380 g/mol. The molecule has 1 aromatic rings. The summed E-state index contributed by atoms with van der Waals surface area (Å²) in [5.74, 6) is 2.08. The molecule has 3 aliphatic rings. The predicted octanol–water partition coefficient (Wildman–Crippen LogP) is 3.36. The molecular formula is C24H34N2O4. The van der Waals surface area contributed by atoms with Crippen LogP contribution in [0.3, 0.4) is 0 Å². The van der Waals surface area contributed by atoms with Gasteiger partial charge in [0.15, 0.2) is 0 Å². The number of amides is 2. The molecule has 6 heteroatoms. The van der Waals surface area contributed by atoms with Crippen molar-refractivity contribution in [1.82, 2.24) is 9.80 Å². The van der Waals surface area contributed by atoms with Crippen LogP contribution in [-0.2, 0) is 9.53 Å². The van der Waals surface area contributed by atoms with Gasteiger partial charge in [-0.3, -0.25) is 9.59 Å². The van der Waals surface area contributed by atoms with Gasteiger partial charge in [-0.05, 0) is 68.7 Å². The number of rotatable bonds is 5. The van der Waals surface area contributed by atoms with E-state index >= 15 is 0 Å². The van der Waals surface area contributed by atoms with E-state index in [2.05, 4.69) is 6.92 Å². The minimum absolute atomic E-state index is 0.115. The Hall–Kier alpha value is -2.08. The van der Waals surface area contributed by atoms with Crippen LogP contribution in [-0.4, -0.2) is 67.1 Å². The quantitative estimate of drug-likeness (QED) is 0.741. The first kappa shape index (κ1) is 21.2. The van der Waals surface area contributed by atoms with Crippen LogP contribution in [0.15, 0.2) is 24.3 Å². The van der Waals surface area contributed by atoms with Gasteiger partial charge in [-0.2, -0.15) is 0 Å². The van der Waals surface area contributed by atoms with E-state index in [4.69, 9.17) is 9.47 Å². The molecule has 30 heavy (non-hydrogen) atoms. The number of ether oxygens (including phenoxy) is 2. The van der Waals surface area contributed by atoms with E-state index in [9.17, 15) is 9.59 Å². The number of hydrogen-bond donors (Lipinski definition) is 0. The summed E-state index contributed by atoms with van der Waals surface area (Å²) in [4.78, 5) is 29.2. The summed E-state index contributed by atoms with van der Waals surface area (Å²) in [5, 5.41) is 0. The SMILES string of the molecule is CC1CCN(C(=O)c2ccc(OC[C@H]3CCCN(C(=O)[C@H]4CCCO4)C3)cc2)CC1. The van der Waals surface area contributed by atoms with E-state index in [1.165, 1.54) is 0 Å². The Morgan fingerprint density at radius 1 is 1.00 bits per heavy atom. The van der Waals surface area contributed by atoms with E-state index in [1.54, 1.807) is 0 Å². The largest absolute Gasteiger partial charge is 0.493 e. The summed E-state index contributed by atoms with van der Waals surface area (Å²) < 4.78 is 11.6. The molecule has 3 aliphatic heterocycles. The fraction of sp³-hybridized carbons (Fsp3) is 0.667. The van der Waals surface area contributed by atoms with Crippen molar-refractivity contribution < 1.29 is 19.1 Å². The van der Waals surface area contributed by atoms with Gasteiger partial charge in [0, 0.05) is 44.3 Å². The molecule has 1 aromatic carbocycles. The van der Waals surface area contributed by atoms with Crippen molar-refractivity contribution in [3.63, 3.8) is 0 Å². The van der Waals surface area contributed by atoms with Crippen molar-refractivity contribution in [3.8, 4) is 5.75 Å². The van der Waals surface area contributed by atoms with Crippen molar-refractivity contribution in [1.29, 1.82) is 0 Å². The molecule has 0 unspecified atom stereocenters. The number of nitrogens with zero attached hydrogens (tertiary/aromatic N) is 2. The smallest absolute Gasteiger partial charge is 0.253 e. The molecule has 3 saturated heterocycles. The van der Waals surface area contributed by atoms with E-state index in [0.717, 1.165) is 76.0 Å². The van der Waals surface area contributed by atoms with Crippen LogP contribution >= 0.6 is 0 Å². The highest BCUT2D eigenvalue weighted by molar-refractivity contribution is 5.94. The molecule has 164 valence electrons. The highest BCUT2D eigenvalue weighted by atomic mass is 16.5. The fourth-order valence-electron chi connectivity index (χ4n) is 4.68. The van der Waals surface area contributed by atoms with E-state index in [-0.39, 0.29) is 17.9 Å². The molecule has 0 radical (unpaired) electrons. The van der Waals surface area contributed by atoms with Crippen LogP contribution in [0, 0.1) is 11.8 Å². The topological polar surface area (TPSA) is 59.1 Å². The molecule has 4 rings (SSSR count). The molecule has 0 bridgehead atoms. The molecule has 2 amide bonds. The molecule has 0 aliphatic carbocycles. The Bertz CT molecular complexity index is 721. The number of carbonyl (C=O) groups is 2. The Kier molecular flexibility index (Phi) is 6.93. The van der Waals surface area contributed by atoms with Crippen molar-refractivity contribution in [2.75, 3.05) is 39.4 Å². The van der Waals surface area contributed by atoms with Crippen LogP contribution in [0.1, 0.15) is 55.8 Å². The molecule has 3 heterocycles. The summed E-state index contributed by atoms with van der Waals surface area (Å²) in [5.41, 5.74) is 0.725. The predicted molar refractivity (Wildman–Crippen MR) is 115 cm³/mol. The van der Waals surface area contributed by atoms with Crippen molar-refractivity contribution >= 4 is 11.8 Å². The minimum Gasteiger partial charge on any atom is -0.493 e.